The molecular weight excluding hydrogens is 417 g/mol. The zero-order chi connectivity index (χ0) is 23.2. The van der Waals surface area contributed by atoms with E-state index in [0.29, 0.717) is 17.8 Å². The van der Waals surface area contributed by atoms with Crippen LogP contribution in [0.3, 0.4) is 0 Å². The second-order valence-electron chi connectivity index (χ2n) is 9.59. The number of urea groups is 1. The number of carbonyl (C=O) groups excluding carboxylic acids is 1. The smallest absolute Gasteiger partial charge is 0.321 e. The predicted molar refractivity (Wildman–Crippen MR) is 130 cm³/mol. The highest BCUT2D eigenvalue weighted by molar-refractivity contribution is 5.89. The first-order valence-electron chi connectivity index (χ1n) is 12.2. The third-order valence-corrected chi connectivity index (χ3v) is 7.38. The van der Waals surface area contributed by atoms with E-state index in [1.807, 2.05) is 41.3 Å². The maximum atomic E-state index is 13.2. The van der Waals surface area contributed by atoms with E-state index in [0.717, 1.165) is 50.6 Å². The number of likely N-dealkylation sites (tertiary alicyclic amines) is 2. The van der Waals surface area contributed by atoms with E-state index in [2.05, 4.69) is 17.1 Å². The number of hydrogen-bond acceptors (Lipinski definition) is 3. The minimum atomic E-state index is -0.167. The summed E-state index contributed by atoms with van der Waals surface area (Å²) in [6, 6.07) is 14.5. The number of hydrogen-bond donors (Lipinski definition) is 1. The van der Waals surface area contributed by atoms with E-state index >= 15 is 0 Å². The molecule has 2 atom stereocenters. The molecule has 0 spiro atoms. The first-order valence-corrected chi connectivity index (χ1v) is 12.2. The van der Waals surface area contributed by atoms with Gasteiger partial charge in [-0.05, 0) is 86.4 Å². The summed E-state index contributed by atoms with van der Waals surface area (Å²) >= 11 is 0. The van der Waals surface area contributed by atoms with Crippen LogP contribution in [0.4, 0.5) is 14.9 Å². The van der Waals surface area contributed by atoms with Gasteiger partial charge >= 0.3 is 6.03 Å². The lowest BCUT2D eigenvalue weighted by Crippen LogP contribution is -2.46. The van der Waals surface area contributed by atoms with Crippen LogP contribution in [0.15, 0.2) is 48.5 Å². The Morgan fingerprint density at radius 3 is 2.61 bits per heavy atom. The summed E-state index contributed by atoms with van der Waals surface area (Å²) in [6.07, 6.45) is 4.57. The van der Waals surface area contributed by atoms with Crippen LogP contribution in [-0.2, 0) is 0 Å². The van der Waals surface area contributed by atoms with E-state index in [4.69, 9.17) is 4.74 Å². The summed E-state index contributed by atoms with van der Waals surface area (Å²) in [7, 11) is 1.63. The van der Waals surface area contributed by atoms with Gasteiger partial charge in [0.25, 0.3) is 0 Å². The van der Waals surface area contributed by atoms with Crippen molar-refractivity contribution >= 4 is 11.7 Å². The molecule has 4 rings (SSSR count). The molecule has 2 saturated heterocycles. The first kappa shape index (κ1) is 23.6. The standard InChI is InChI=1S/C27H36FN3O2/c1-20(22-8-10-24(28)11-9-22)23-12-15-30(16-13-23)18-21-5-4-14-31(19-21)27(32)29-25-6-3-7-26(17-25)33-2/h3,6-11,17,20-21,23H,4-5,12-16,18-19H2,1-2H3,(H,29,32). The Kier molecular flexibility index (Phi) is 7.86. The molecule has 0 saturated carbocycles. The molecule has 33 heavy (non-hydrogen) atoms. The number of anilines is 1. The molecule has 6 heteroatoms. The van der Waals surface area contributed by atoms with Gasteiger partial charge in [-0.15, -0.1) is 0 Å². The number of piperidine rings is 2. The molecule has 2 aliphatic heterocycles. The van der Waals surface area contributed by atoms with E-state index in [9.17, 15) is 9.18 Å². The average Bonchev–Trinajstić information content (AvgIpc) is 2.85. The van der Waals surface area contributed by atoms with Crippen molar-refractivity contribution in [3.63, 3.8) is 0 Å². The Bertz CT molecular complexity index is 912. The van der Waals surface area contributed by atoms with Gasteiger partial charge in [-0.25, -0.2) is 9.18 Å². The Hall–Kier alpha value is -2.60. The summed E-state index contributed by atoms with van der Waals surface area (Å²) < 4.78 is 18.5. The molecule has 2 aliphatic rings. The number of carbonyl (C=O) groups is 1. The summed E-state index contributed by atoms with van der Waals surface area (Å²) in [5.41, 5.74) is 2.00. The van der Waals surface area contributed by atoms with Crippen LogP contribution in [0.1, 0.15) is 44.1 Å². The topological polar surface area (TPSA) is 44.8 Å². The molecule has 2 amide bonds. The van der Waals surface area contributed by atoms with Crippen molar-refractivity contribution in [2.24, 2.45) is 11.8 Å². The number of benzene rings is 2. The lowest BCUT2D eigenvalue weighted by atomic mass is 9.81. The van der Waals surface area contributed by atoms with Crippen LogP contribution in [-0.4, -0.2) is 55.7 Å². The number of methoxy groups -OCH3 is 1. The SMILES string of the molecule is COc1cccc(NC(=O)N2CCCC(CN3CCC(C(C)c4ccc(F)cc4)CC3)C2)c1. The van der Waals surface area contributed by atoms with Gasteiger partial charge in [-0.2, -0.15) is 0 Å². The van der Waals surface area contributed by atoms with Crippen molar-refractivity contribution in [3.8, 4) is 5.75 Å². The fourth-order valence-corrected chi connectivity index (χ4v) is 5.34. The summed E-state index contributed by atoms with van der Waals surface area (Å²) in [4.78, 5) is 17.3. The van der Waals surface area contributed by atoms with Crippen molar-refractivity contribution in [1.29, 1.82) is 0 Å². The normalized spacial score (nSPS) is 20.9. The lowest BCUT2D eigenvalue weighted by Gasteiger charge is -2.39. The van der Waals surface area contributed by atoms with E-state index < -0.39 is 0 Å². The summed E-state index contributed by atoms with van der Waals surface area (Å²) in [5, 5.41) is 3.02. The Labute approximate surface area is 196 Å². The Balaban J connectivity index is 1.24. The van der Waals surface area contributed by atoms with Gasteiger partial charge in [0.15, 0.2) is 0 Å². The van der Waals surface area contributed by atoms with Crippen LogP contribution < -0.4 is 10.1 Å². The predicted octanol–water partition coefficient (Wildman–Crippen LogP) is 5.59. The molecule has 2 aromatic carbocycles. The Morgan fingerprint density at radius 1 is 1.12 bits per heavy atom. The number of nitrogens with zero attached hydrogens (tertiary/aromatic N) is 2. The van der Waals surface area contributed by atoms with E-state index in [1.54, 1.807) is 19.2 Å². The molecule has 2 aromatic rings. The van der Waals surface area contributed by atoms with Crippen LogP contribution in [0, 0.1) is 17.7 Å². The molecule has 0 aliphatic carbocycles. The van der Waals surface area contributed by atoms with Crippen molar-refractivity contribution in [3.05, 3.63) is 59.9 Å². The first-order chi connectivity index (χ1) is 16.0. The third kappa shape index (κ3) is 6.26. The highest BCUT2D eigenvalue weighted by atomic mass is 19.1. The van der Waals surface area contributed by atoms with E-state index in [1.165, 1.54) is 24.8 Å². The molecular formula is C27H36FN3O2. The zero-order valence-corrected chi connectivity index (χ0v) is 19.8. The Morgan fingerprint density at radius 2 is 1.88 bits per heavy atom. The van der Waals surface area contributed by atoms with Crippen LogP contribution in [0.2, 0.25) is 0 Å². The van der Waals surface area contributed by atoms with Gasteiger partial charge < -0.3 is 19.9 Å². The molecule has 2 unspecified atom stereocenters. The van der Waals surface area contributed by atoms with Crippen molar-refractivity contribution in [2.45, 2.75) is 38.5 Å². The lowest BCUT2D eigenvalue weighted by molar-refractivity contribution is 0.116. The number of ether oxygens (including phenoxy) is 1. The number of nitrogens with one attached hydrogen (secondary N) is 1. The zero-order valence-electron chi connectivity index (χ0n) is 19.8. The highest BCUT2D eigenvalue weighted by Gasteiger charge is 2.29. The van der Waals surface area contributed by atoms with Gasteiger partial charge in [-0.3, -0.25) is 0 Å². The molecule has 2 fully saturated rings. The minimum absolute atomic E-state index is 0.0280. The fraction of sp³-hybridized carbons (Fsp3) is 0.519. The van der Waals surface area contributed by atoms with Gasteiger partial charge in [0.2, 0.25) is 0 Å². The molecule has 0 radical (unpaired) electrons. The van der Waals surface area contributed by atoms with Crippen molar-refractivity contribution in [2.75, 3.05) is 45.2 Å². The number of rotatable bonds is 6. The number of halogens is 1. The molecule has 2 heterocycles. The molecule has 5 nitrogen and oxygen atoms in total. The molecule has 178 valence electrons. The highest BCUT2D eigenvalue weighted by Crippen LogP contribution is 2.33. The molecule has 0 aromatic heterocycles. The summed E-state index contributed by atoms with van der Waals surface area (Å²) in [6.45, 7) is 7.14. The third-order valence-electron chi connectivity index (χ3n) is 7.38. The molecule has 1 N–H and O–H groups in total. The van der Waals surface area contributed by atoms with Crippen molar-refractivity contribution in [1.82, 2.24) is 9.80 Å². The monoisotopic (exact) mass is 453 g/mol. The fourth-order valence-electron chi connectivity index (χ4n) is 5.34. The second kappa shape index (κ2) is 11.0. The van der Waals surface area contributed by atoms with Gasteiger partial charge in [0.05, 0.1) is 7.11 Å². The minimum Gasteiger partial charge on any atom is -0.497 e. The largest absolute Gasteiger partial charge is 0.497 e. The summed E-state index contributed by atoms with van der Waals surface area (Å²) in [5.74, 6) is 2.18. The maximum absolute atomic E-state index is 13.2. The van der Waals surface area contributed by atoms with Gasteiger partial charge in [0.1, 0.15) is 11.6 Å². The molecule has 0 bridgehead atoms. The maximum Gasteiger partial charge on any atom is 0.321 e. The van der Waals surface area contributed by atoms with Gasteiger partial charge in [-0.1, -0.05) is 25.1 Å². The second-order valence-corrected chi connectivity index (χ2v) is 9.59. The van der Waals surface area contributed by atoms with Crippen LogP contribution >= 0.6 is 0 Å². The van der Waals surface area contributed by atoms with Crippen LogP contribution in [0.5, 0.6) is 5.75 Å². The van der Waals surface area contributed by atoms with Crippen molar-refractivity contribution < 1.29 is 13.9 Å². The van der Waals surface area contributed by atoms with Gasteiger partial charge in [0, 0.05) is 31.4 Å². The average molecular weight is 454 g/mol. The van der Waals surface area contributed by atoms with E-state index in [-0.39, 0.29) is 11.8 Å². The number of amides is 2. The van der Waals surface area contributed by atoms with Crippen LogP contribution in [0.25, 0.3) is 0 Å². The quantitative estimate of drug-likeness (QED) is 0.620.